The van der Waals surface area contributed by atoms with E-state index < -0.39 is 11.9 Å². The van der Waals surface area contributed by atoms with Crippen LogP contribution >= 0.6 is 0 Å². The first-order valence-corrected chi connectivity index (χ1v) is 11.0. The molecule has 2 N–H and O–H groups in total. The molecule has 0 atom stereocenters. The number of carbonyl (C=O) groups excluding carboxylic acids is 1. The third-order valence-electron chi connectivity index (χ3n) is 5.32. The Morgan fingerprint density at radius 1 is 0.914 bits per heavy atom. The van der Waals surface area contributed by atoms with Crippen molar-refractivity contribution in [3.63, 3.8) is 0 Å². The number of hydrogen-bond donors (Lipinski definition) is 2. The van der Waals surface area contributed by atoms with Gasteiger partial charge in [-0.2, -0.15) is 0 Å². The maximum absolute atomic E-state index is 12.5. The highest BCUT2D eigenvalue weighted by molar-refractivity contribution is 5.90. The lowest BCUT2D eigenvalue weighted by Crippen LogP contribution is -2.48. The fourth-order valence-corrected chi connectivity index (χ4v) is 3.45. The Bertz CT molecular complexity index is 1190. The van der Waals surface area contributed by atoms with Gasteiger partial charge >= 0.3 is 11.9 Å². The minimum absolute atomic E-state index is 0.0326. The quantitative estimate of drug-likeness (QED) is 0.520. The number of carboxylic acid groups (broad SMARTS) is 2. The molecule has 182 valence electrons. The van der Waals surface area contributed by atoms with Gasteiger partial charge in [0.1, 0.15) is 5.75 Å². The number of likely N-dealkylation sites (N-methyl/N-ethyl adjacent to an activating group) is 1. The van der Waals surface area contributed by atoms with Gasteiger partial charge in [-0.15, -0.1) is 0 Å². The zero-order valence-electron chi connectivity index (χ0n) is 19.3. The number of hydrogen-bond acceptors (Lipinski definition) is 6. The molecule has 0 unspecified atom stereocenters. The van der Waals surface area contributed by atoms with E-state index in [-0.39, 0.29) is 12.5 Å². The summed E-state index contributed by atoms with van der Waals surface area (Å²) in [6, 6.07) is 19.8. The van der Waals surface area contributed by atoms with Crippen molar-refractivity contribution in [3.05, 3.63) is 72.8 Å². The smallest absolute Gasteiger partial charge is 0.328 e. The molecule has 1 aliphatic rings. The average Bonchev–Trinajstić information content (AvgIpc) is 2.87. The van der Waals surface area contributed by atoms with E-state index in [2.05, 4.69) is 11.9 Å². The van der Waals surface area contributed by atoms with Crippen LogP contribution in [0.5, 0.6) is 5.75 Å². The van der Waals surface area contributed by atoms with Gasteiger partial charge in [0, 0.05) is 55.3 Å². The number of carbonyl (C=O) groups is 3. The topological polar surface area (TPSA) is 120 Å². The van der Waals surface area contributed by atoms with Gasteiger partial charge in [0.25, 0.3) is 5.91 Å². The molecular formula is C26H27N3O6. The Balaban J connectivity index is 0.000000371. The van der Waals surface area contributed by atoms with E-state index >= 15 is 0 Å². The van der Waals surface area contributed by atoms with Crippen LogP contribution in [0.2, 0.25) is 0 Å². The van der Waals surface area contributed by atoms with Crippen LogP contribution in [0.4, 0.5) is 0 Å². The summed E-state index contributed by atoms with van der Waals surface area (Å²) in [5, 5.41) is 16.5. The molecule has 1 amide bonds. The van der Waals surface area contributed by atoms with Crippen molar-refractivity contribution in [3.8, 4) is 17.0 Å². The van der Waals surface area contributed by atoms with Crippen LogP contribution in [0.1, 0.15) is 0 Å². The van der Waals surface area contributed by atoms with Crippen molar-refractivity contribution >= 4 is 28.7 Å². The summed E-state index contributed by atoms with van der Waals surface area (Å²) >= 11 is 0. The van der Waals surface area contributed by atoms with E-state index in [4.69, 9.17) is 19.9 Å². The van der Waals surface area contributed by atoms with E-state index in [1.807, 2.05) is 65.6 Å². The second-order valence-corrected chi connectivity index (χ2v) is 7.87. The van der Waals surface area contributed by atoms with E-state index in [9.17, 15) is 14.4 Å². The Morgan fingerprint density at radius 2 is 1.51 bits per heavy atom. The second kappa shape index (κ2) is 12.3. The van der Waals surface area contributed by atoms with Crippen LogP contribution in [0.25, 0.3) is 22.2 Å². The van der Waals surface area contributed by atoms with Gasteiger partial charge in [0.2, 0.25) is 0 Å². The molecular weight excluding hydrogens is 450 g/mol. The first kappa shape index (κ1) is 25.4. The van der Waals surface area contributed by atoms with Gasteiger partial charge in [0.15, 0.2) is 6.61 Å². The maximum Gasteiger partial charge on any atom is 0.328 e. The summed E-state index contributed by atoms with van der Waals surface area (Å²) in [4.78, 5) is 40.5. The molecule has 1 fully saturated rings. The fraction of sp³-hybridized carbons (Fsp3) is 0.231. The molecule has 2 aromatic carbocycles. The number of aliphatic carboxylic acids is 2. The SMILES string of the molecule is CN1CCN(C(=O)COc2cc(-c3ccccc3)nc3ccccc23)CC1.O=C(O)/C=C/C(=O)O. The van der Waals surface area contributed by atoms with E-state index in [1.165, 1.54) is 0 Å². The highest BCUT2D eigenvalue weighted by atomic mass is 16.5. The summed E-state index contributed by atoms with van der Waals surface area (Å²) in [6.45, 7) is 3.37. The van der Waals surface area contributed by atoms with Crippen LogP contribution in [0.15, 0.2) is 72.8 Å². The van der Waals surface area contributed by atoms with E-state index in [0.29, 0.717) is 17.9 Å². The normalized spacial score (nSPS) is 13.8. The number of para-hydroxylation sites is 1. The number of piperazine rings is 1. The van der Waals surface area contributed by atoms with Gasteiger partial charge in [-0.25, -0.2) is 14.6 Å². The van der Waals surface area contributed by atoms with Crippen molar-refractivity contribution in [1.29, 1.82) is 0 Å². The number of nitrogens with zero attached hydrogens (tertiary/aromatic N) is 3. The average molecular weight is 478 g/mol. The minimum atomic E-state index is -1.26. The number of pyridine rings is 1. The van der Waals surface area contributed by atoms with Crippen LogP contribution in [0, 0.1) is 0 Å². The Hall–Kier alpha value is -4.24. The van der Waals surface area contributed by atoms with Crippen molar-refractivity contribution in [2.75, 3.05) is 39.8 Å². The zero-order chi connectivity index (χ0) is 25.2. The molecule has 9 nitrogen and oxygen atoms in total. The monoisotopic (exact) mass is 477 g/mol. The molecule has 1 aromatic heterocycles. The predicted molar refractivity (Wildman–Crippen MR) is 131 cm³/mol. The number of ether oxygens (including phenoxy) is 1. The predicted octanol–water partition coefficient (Wildman–Crippen LogP) is 2.77. The summed E-state index contributed by atoms with van der Waals surface area (Å²) in [7, 11) is 2.08. The number of aromatic nitrogens is 1. The van der Waals surface area contributed by atoms with Gasteiger partial charge in [0.05, 0.1) is 11.2 Å². The standard InChI is InChI=1S/C22H23N3O2.C4H4O4/c1-24-11-13-25(14-12-24)22(26)16-27-21-15-20(17-7-3-2-4-8-17)23-19-10-6-5-9-18(19)21;5-3(6)1-2-4(7)8/h2-10,15H,11-14,16H2,1H3;1-2H,(H,5,6)(H,7,8)/b;2-1+. The molecule has 2 heterocycles. The number of carboxylic acids is 2. The molecule has 0 bridgehead atoms. The van der Waals surface area contributed by atoms with Crippen molar-refractivity contribution in [1.82, 2.24) is 14.8 Å². The van der Waals surface area contributed by atoms with Crippen LogP contribution in [-0.4, -0.2) is 82.7 Å². The number of amides is 1. The molecule has 0 spiro atoms. The summed E-state index contributed by atoms with van der Waals surface area (Å²) in [5.74, 6) is -1.79. The Morgan fingerprint density at radius 3 is 2.14 bits per heavy atom. The third-order valence-corrected chi connectivity index (χ3v) is 5.32. The van der Waals surface area contributed by atoms with Gasteiger partial charge in [-0.3, -0.25) is 4.79 Å². The number of fused-ring (bicyclic) bond motifs is 1. The lowest BCUT2D eigenvalue weighted by atomic mass is 10.1. The molecule has 0 saturated carbocycles. The molecule has 0 radical (unpaired) electrons. The Labute approximate surface area is 202 Å². The molecule has 35 heavy (non-hydrogen) atoms. The largest absolute Gasteiger partial charge is 0.483 e. The number of benzene rings is 2. The van der Waals surface area contributed by atoms with Gasteiger partial charge in [-0.05, 0) is 19.2 Å². The maximum atomic E-state index is 12.5. The summed E-state index contributed by atoms with van der Waals surface area (Å²) in [6.07, 6.45) is 1.12. The third kappa shape index (κ3) is 7.65. The molecule has 4 rings (SSSR count). The van der Waals surface area contributed by atoms with Crippen molar-refractivity contribution in [2.24, 2.45) is 0 Å². The highest BCUT2D eigenvalue weighted by Gasteiger charge is 2.20. The van der Waals surface area contributed by atoms with E-state index in [1.54, 1.807) is 0 Å². The molecule has 1 aliphatic heterocycles. The highest BCUT2D eigenvalue weighted by Crippen LogP contribution is 2.30. The van der Waals surface area contributed by atoms with Crippen LogP contribution < -0.4 is 4.74 Å². The molecule has 3 aromatic rings. The van der Waals surface area contributed by atoms with Gasteiger partial charge < -0.3 is 24.7 Å². The van der Waals surface area contributed by atoms with Gasteiger partial charge in [-0.1, -0.05) is 42.5 Å². The summed E-state index contributed by atoms with van der Waals surface area (Å²) < 4.78 is 5.98. The molecule has 1 saturated heterocycles. The fourth-order valence-electron chi connectivity index (χ4n) is 3.45. The zero-order valence-corrected chi connectivity index (χ0v) is 19.3. The molecule has 9 heteroatoms. The lowest BCUT2D eigenvalue weighted by molar-refractivity contribution is -0.135. The van der Waals surface area contributed by atoms with E-state index in [0.717, 1.165) is 48.3 Å². The van der Waals surface area contributed by atoms with Crippen LogP contribution in [0.3, 0.4) is 0 Å². The minimum Gasteiger partial charge on any atom is -0.483 e. The first-order chi connectivity index (χ1) is 16.8. The Kier molecular flexibility index (Phi) is 8.91. The first-order valence-electron chi connectivity index (χ1n) is 11.0. The lowest BCUT2D eigenvalue weighted by Gasteiger charge is -2.32. The van der Waals surface area contributed by atoms with Crippen LogP contribution in [-0.2, 0) is 14.4 Å². The number of rotatable bonds is 6. The second-order valence-electron chi connectivity index (χ2n) is 7.87. The molecule has 0 aliphatic carbocycles. The summed E-state index contributed by atoms with van der Waals surface area (Å²) in [5.41, 5.74) is 2.73. The van der Waals surface area contributed by atoms with Crippen molar-refractivity contribution < 1.29 is 29.3 Å². The van der Waals surface area contributed by atoms with Crippen molar-refractivity contribution in [2.45, 2.75) is 0 Å².